The molecule has 0 aliphatic carbocycles. The molecule has 84 valence electrons. The molecule has 2 N–H and O–H groups in total. The van der Waals surface area contributed by atoms with Crippen LogP contribution in [0.15, 0.2) is 18.2 Å². The summed E-state index contributed by atoms with van der Waals surface area (Å²) in [5, 5.41) is 0.448. The summed E-state index contributed by atoms with van der Waals surface area (Å²) < 4.78 is 23.1. The van der Waals surface area contributed by atoms with Crippen LogP contribution in [0.5, 0.6) is 0 Å². The van der Waals surface area contributed by atoms with Crippen LogP contribution in [0.3, 0.4) is 0 Å². The van der Waals surface area contributed by atoms with Crippen molar-refractivity contribution in [2.24, 2.45) is 0 Å². The van der Waals surface area contributed by atoms with Gasteiger partial charge in [-0.25, -0.2) is 8.42 Å². The number of nitrogen functional groups attached to an aromatic ring is 1. The minimum atomic E-state index is -3.06. The molecule has 5 heteroatoms. The molecular formula is C10H14ClNO2S. The Balaban J connectivity index is 2.94. The Bertz CT molecular complexity index is 443. The molecule has 1 rings (SSSR count). The lowest BCUT2D eigenvalue weighted by Crippen LogP contribution is -2.09. The van der Waals surface area contributed by atoms with Crippen molar-refractivity contribution in [2.75, 3.05) is 11.5 Å². The fourth-order valence-electron chi connectivity index (χ4n) is 1.33. The Hall–Kier alpha value is -0.740. The molecule has 0 fully saturated rings. The number of anilines is 1. The maximum atomic E-state index is 11.6. The lowest BCUT2D eigenvalue weighted by molar-refractivity contribution is 0.594. The van der Waals surface area contributed by atoms with Crippen molar-refractivity contribution in [1.29, 1.82) is 0 Å². The lowest BCUT2D eigenvalue weighted by Gasteiger charge is -2.06. The van der Waals surface area contributed by atoms with Gasteiger partial charge in [-0.15, -0.1) is 0 Å². The molecule has 0 spiro atoms. The van der Waals surface area contributed by atoms with E-state index >= 15 is 0 Å². The van der Waals surface area contributed by atoms with Gasteiger partial charge < -0.3 is 5.73 Å². The van der Waals surface area contributed by atoms with Crippen LogP contribution < -0.4 is 5.73 Å². The van der Waals surface area contributed by atoms with Crippen molar-refractivity contribution in [3.05, 3.63) is 28.8 Å². The summed E-state index contributed by atoms with van der Waals surface area (Å²) in [5.41, 5.74) is 6.67. The van der Waals surface area contributed by atoms with E-state index in [1.54, 1.807) is 18.2 Å². The molecule has 0 radical (unpaired) electrons. The maximum absolute atomic E-state index is 11.6. The van der Waals surface area contributed by atoms with Gasteiger partial charge in [0.25, 0.3) is 0 Å². The Kier molecular flexibility index (Phi) is 3.99. The van der Waals surface area contributed by atoms with E-state index in [1.807, 2.05) is 6.92 Å². The number of nitrogens with two attached hydrogens (primary N) is 1. The van der Waals surface area contributed by atoms with Crippen molar-refractivity contribution in [3.63, 3.8) is 0 Å². The van der Waals surface area contributed by atoms with Gasteiger partial charge in [-0.2, -0.15) is 0 Å². The summed E-state index contributed by atoms with van der Waals surface area (Å²) in [4.78, 5) is 0. The molecule has 0 heterocycles. The van der Waals surface area contributed by atoms with E-state index in [4.69, 9.17) is 17.3 Å². The molecule has 0 aliphatic heterocycles. The predicted octanol–water partition coefficient (Wildman–Crippen LogP) is 2.25. The van der Waals surface area contributed by atoms with Gasteiger partial charge in [0.2, 0.25) is 0 Å². The second kappa shape index (κ2) is 4.86. The van der Waals surface area contributed by atoms with E-state index < -0.39 is 9.84 Å². The molecule has 1 aromatic rings. The van der Waals surface area contributed by atoms with Crippen molar-refractivity contribution in [1.82, 2.24) is 0 Å². The fraction of sp³-hybridized carbons (Fsp3) is 0.400. The molecule has 0 saturated carbocycles. The third-order valence-corrected chi connectivity index (χ3v) is 4.11. The topological polar surface area (TPSA) is 60.2 Å². The predicted molar refractivity (Wildman–Crippen MR) is 63.6 cm³/mol. The van der Waals surface area contributed by atoms with Crippen molar-refractivity contribution in [2.45, 2.75) is 19.1 Å². The monoisotopic (exact) mass is 247 g/mol. The highest BCUT2D eigenvalue weighted by Gasteiger charge is 2.13. The first-order valence-electron chi connectivity index (χ1n) is 4.69. The summed E-state index contributed by atoms with van der Waals surface area (Å²) >= 11 is 5.88. The molecule has 0 aliphatic rings. The number of sulfone groups is 1. The van der Waals surface area contributed by atoms with E-state index in [0.29, 0.717) is 22.7 Å². The van der Waals surface area contributed by atoms with Crippen LogP contribution >= 0.6 is 11.6 Å². The second-order valence-electron chi connectivity index (χ2n) is 3.44. The number of benzene rings is 1. The van der Waals surface area contributed by atoms with E-state index in [1.165, 1.54) is 0 Å². The molecule has 0 atom stereocenters. The minimum absolute atomic E-state index is 0.0370. The highest BCUT2D eigenvalue weighted by atomic mass is 35.5. The maximum Gasteiger partial charge on any atom is 0.154 e. The first-order chi connectivity index (χ1) is 6.94. The zero-order valence-electron chi connectivity index (χ0n) is 8.53. The summed E-state index contributed by atoms with van der Waals surface area (Å²) in [6.45, 7) is 1.83. The molecular weight excluding hydrogens is 234 g/mol. The fourth-order valence-corrected chi connectivity index (χ4v) is 3.07. The average molecular weight is 248 g/mol. The van der Waals surface area contributed by atoms with Crippen LogP contribution in [0.4, 0.5) is 5.69 Å². The molecule has 0 bridgehead atoms. The Labute approximate surface area is 95.2 Å². The van der Waals surface area contributed by atoms with E-state index in [9.17, 15) is 8.42 Å². The van der Waals surface area contributed by atoms with E-state index in [0.717, 1.165) is 0 Å². The molecule has 15 heavy (non-hydrogen) atoms. The first-order valence-corrected chi connectivity index (χ1v) is 6.89. The van der Waals surface area contributed by atoms with Crippen LogP contribution in [0, 0.1) is 0 Å². The van der Waals surface area contributed by atoms with Gasteiger partial charge in [0.15, 0.2) is 9.84 Å². The largest absolute Gasteiger partial charge is 0.399 e. The Morgan fingerprint density at radius 2 is 2.07 bits per heavy atom. The van der Waals surface area contributed by atoms with Crippen molar-refractivity contribution >= 4 is 27.1 Å². The molecule has 0 saturated heterocycles. The second-order valence-corrected chi connectivity index (χ2v) is 6.03. The van der Waals surface area contributed by atoms with Crippen molar-refractivity contribution < 1.29 is 8.42 Å². The van der Waals surface area contributed by atoms with E-state index in [-0.39, 0.29) is 11.5 Å². The van der Waals surface area contributed by atoms with Crippen LogP contribution in [0.2, 0.25) is 5.02 Å². The van der Waals surface area contributed by atoms with Crippen LogP contribution in [-0.2, 0) is 15.6 Å². The Morgan fingerprint density at radius 3 is 2.67 bits per heavy atom. The quantitative estimate of drug-likeness (QED) is 0.831. The first kappa shape index (κ1) is 12.3. The smallest absolute Gasteiger partial charge is 0.154 e. The third-order valence-electron chi connectivity index (χ3n) is 1.96. The summed E-state index contributed by atoms with van der Waals surface area (Å²) in [5.74, 6) is 0.142. The average Bonchev–Trinajstić information content (AvgIpc) is 2.10. The molecule has 0 unspecified atom stereocenters. The minimum Gasteiger partial charge on any atom is -0.399 e. The number of rotatable bonds is 4. The molecule has 0 aromatic heterocycles. The van der Waals surface area contributed by atoms with Gasteiger partial charge in [0.1, 0.15) is 0 Å². The van der Waals surface area contributed by atoms with Crippen molar-refractivity contribution in [3.8, 4) is 0 Å². The van der Waals surface area contributed by atoms with Gasteiger partial charge in [-0.1, -0.05) is 18.5 Å². The van der Waals surface area contributed by atoms with Gasteiger partial charge in [0.05, 0.1) is 11.5 Å². The third kappa shape index (κ3) is 3.72. The van der Waals surface area contributed by atoms with Gasteiger partial charge in [-0.3, -0.25) is 0 Å². The zero-order valence-corrected chi connectivity index (χ0v) is 10.1. The van der Waals surface area contributed by atoms with Crippen LogP contribution in [-0.4, -0.2) is 14.2 Å². The lowest BCUT2D eigenvalue weighted by atomic mass is 10.2. The Morgan fingerprint density at radius 1 is 1.40 bits per heavy atom. The van der Waals surface area contributed by atoms with E-state index in [2.05, 4.69) is 0 Å². The molecule has 1 aromatic carbocycles. The zero-order chi connectivity index (χ0) is 11.5. The number of hydrogen-bond donors (Lipinski definition) is 1. The normalized spacial score (nSPS) is 11.6. The van der Waals surface area contributed by atoms with Gasteiger partial charge in [0, 0.05) is 10.7 Å². The van der Waals surface area contributed by atoms with Crippen LogP contribution in [0.25, 0.3) is 0 Å². The summed E-state index contributed by atoms with van der Waals surface area (Å²) in [6, 6.07) is 4.88. The summed E-state index contributed by atoms with van der Waals surface area (Å²) in [7, 11) is -3.06. The number of halogens is 1. The molecule has 3 nitrogen and oxygen atoms in total. The molecule has 0 amide bonds. The highest BCUT2D eigenvalue weighted by molar-refractivity contribution is 7.90. The SMILES string of the molecule is CCCS(=O)(=O)Cc1cc(N)ccc1Cl. The number of hydrogen-bond acceptors (Lipinski definition) is 3. The van der Waals surface area contributed by atoms with Gasteiger partial charge in [-0.05, 0) is 30.2 Å². The summed E-state index contributed by atoms with van der Waals surface area (Å²) in [6.07, 6.45) is 0.613. The van der Waals surface area contributed by atoms with Gasteiger partial charge >= 0.3 is 0 Å². The highest BCUT2D eigenvalue weighted by Crippen LogP contribution is 2.21. The standard InChI is InChI=1S/C10H14ClNO2S/c1-2-5-15(13,14)7-8-6-9(12)3-4-10(8)11/h3-4,6H,2,5,7,12H2,1H3. The van der Waals surface area contributed by atoms with Crippen LogP contribution in [0.1, 0.15) is 18.9 Å².